The zero-order chi connectivity index (χ0) is 18.9. The van der Waals surface area contributed by atoms with Crippen LogP contribution in [0.1, 0.15) is 24.6 Å². The summed E-state index contributed by atoms with van der Waals surface area (Å²) >= 11 is 1.46. The summed E-state index contributed by atoms with van der Waals surface area (Å²) in [5.74, 6) is 1.35. The van der Waals surface area contributed by atoms with Gasteiger partial charge in [-0.1, -0.05) is 0 Å². The molecule has 3 heterocycles. The molecule has 1 amide bonds. The number of carbonyl (C=O) groups excluding carboxylic acids is 1. The van der Waals surface area contributed by atoms with Crippen LogP contribution in [0.25, 0.3) is 22.2 Å². The van der Waals surface area contributed by atoms with E-state index < -0.39 is 0 Å². The highest BCUT2D eigenvalue weighted by atomic mass is 32.1. The Morgan fingerprint density at radius 3 is 2.86 bits per heavy atom. The van der Waals surface area contributed by atoms with Crippen LogP contribution in [0.4, 0.5) is 5.69 Å². The Morgan fingerprint density at radius 1 is 1.25 bits per heavy atom. The molecule has 5 rings (SSSR count). The van der Waals surface area contributed by atoms with E-state index in [-0.39, 0.29) is 12.3 Å². The van der Waals surface area contributed by atoms with Crippen molar-refractivity contribution in [3.8, 4) is 22.2 Å². The molecule has 140 valence electrons. The van der Waals surface area contributed by atoms with E-state index in [1.54, 1.807) is 6.26 Å². The van der Waals surface area contributed by atoms with Gasteiger partial charge in [0.2, 0.25) is 5.91 Å². The Bertz CT molecular complexity index is 1100. The molecule has 1 aliphatic carbocycles. The molecule has 1 N–H and O–H groups in total. The van der Waals surface area contributed by atoms with Crippen molar-refractivity contribution in [3.05, 3.63) is 53.7 Å². The highest BCUT2D eigenvalue weighted by molar-refractivity contribution is 7.13. The van der Waals surface area contributed by atoms with Gasteiger partial charge in [-0.3, -0.25) is 4.79 Å². The van der Waals surface area contributed by atoms with Crippen LogP contribution in [0.5, 0.6) is 0 Å². The van der Waals surface area contributed by atoms with E-state index in [9.17, 15) is 4.79 Å². The Labute approximate surface area is 164 Å². The van der Waals surface area contributed by atoms with Gasteiger partial charge in [0.25, 0.3) is 0 Å². The second kappa shape index (κ2) is 7.01. The van der Waals surface area contributed by atoms with Crippen molar-refractivity contribution in [1.82, 2.24) is 25.2 Å². The van der Waals surface area contributed by atoms with Gasteiger partial charge in [0.1, 0.15) is 0 Å². The van der Waals surface area contributed by atoms with Gasteiger partial charge in [0, 0.05) is 16.6 Å². The Balaban J connectivity index is 1.23. The fraction of sp³-hybridized carbons (Fsp3) is 0.211. The number of furan rings is 1. The normalized spacial score (nSPS) is 13.6. The number of nitrogens with one attached hydrogen (secondary N) is 1. The molecule has 1 aliphatic rings. The highest BCUT2D eigenvalue weighted by Gasteiger charge is 2.28. The van der Waals surface area contributed by atoms with Gasteiger partial charge >= 0.3 is 0 Å². The number of benzene rings is 1. The molecule has 8 nitrogen and oxygen atoms in total. The second-order valence-electron chi connectivity index (χ2n) is 6.60. The van der Waals surface area contributed by atoms with Crippen molar-refractivity contribution < 1.29 is 9.21 Å². The van der Waals surface area contributed by atoms with Gasteiger partial charge in [-0.15, -0.1) is 16.4 Å². The number of aromatic nitrogens is 5. The Kier molecular flexibility index (Phi) is 4.21. The summed E-state index contributed by atoms with van der Waals surface area (Å²) in [5, 5.41) is 17.5. The molecule has 0 unspecified atom stereocenters. The molecule has 0 radical (unpaired) electrons. The molecule has 4 aromatic rings. The van der Waals surface area contributed by atoms with Crippen molar-refractivity contribution >= 4 is 22.9 Å². The molecular formula is C19H16N6O2S. The minimum Gasteiger partial charge on any atom is -0.462 e. The van der Waals surface area contributed by atoms with Crippen LogP contribution in [-0.2, 0) is 11.2 Å². The van der Waals surface area contributed by atoms with Crippen molar-refractivity contribution in [1.29, 1.82) is 0 Å². The first kappa shape index (κ1) is 16.8. The van der Waals surface area contributed by atoms with E-state index in [2.05, 4.69) is 25.8 Å². The lowest BCUT2D eigenvalue weighted by Gasteiger charge is -2.06. The molecule has 1 aromatic carbocycles. The number of anilines is 1. The predicted octanol–water partition coefficient (Wildman–Crippen LogP) is 3.57. The minimum atomic E-state index is -0.119. The van der Waals surface area contributed by atoms with Crippen LogP contribution in [0.15, 0.2) is 52.5 Å². The van der Waals surface area contributed by atoms with Crippen molar-refractivity contribution in [3.63, 3.8) is 0 Å². The van der Waals surface area contributed by atoms with Gasteiger partial charge in [0.05, 0.1) is 24.4 Å². The van der Waals surface area contributed by atoms with Crippen molar-refractivity contribution in [2.45, 2.75) is 25.3 Å². The number of rotatable bonds is 6. The molecule has 3 aromatic heterocycles. The number of thiazole rings is 1. The summed E-state index contributed by atoms with van der Waals surface area (Å²) < 4.78 is 7.20. The number of hydrogen-bond acceptors (Lipinski definition) is 7. The van der Waals surface area contributed by atoms with Crippen LogP contribution >= 0.6 is 11.3 Å². The molecule has 0 aliphatic heterocycles. The lowest BCUT2D eigenvalue weighted by molar-refractivity contribution is -0.115. The van der Waals surface area contributed by atoms with E-state index in [1.807, 2.05) is 46.5 Å². The number of tetrazole rings is 1. The van der Waals surface area contributed by atoms with Crippen LogP contribution in [0.2, 0.25) is 0 Å². The summed E-state index contributed by atoms with van der Waals surface area (Å²) in [5.41, 5.74) is 2.37. The first-order chi connectivity index (χ1) is 13.8. The van der Waals surface area contributed by atoms with Crippen LogP contribution in [0.3, 0.4) is 0 Å². The third-order valence-electron chi connectivity index (χ3n) is 4.44. The maximum absolute atomic E-state index is 12.3. The topological polar surface area (TPSA) is 98.7 Å². The van der Waals surface area contributed by atoms with E-state index in [0.717, 1.165) is 34.9 Å². The largest absolute Gasteiger partial charge is 0.462 e. The van der Waals surface area contributed by atoms with Gasteiger partial charge in [0.15, 0.2) is 16.6 Å². The summed E-state index contributed by atoms with van der Waals surface area (Å²) in [4.78, 5) is 16.8. The summed E-state index contributed by atoms with van der Waals surface area (Å²) in [6, 6.07) is 11.6. The minimum absolute atomic E-state index is 0.119. The van der Waals surface area contributed by atoms with Crippen molar-refractivity contribution in [2.75, 3.05) is 5.32 Å². The van der Waals surface area contributed by atoms with E-state index in [1.165, 1.54) is 11.3 Å². The summed E-state index contributed by atoms with van der Waals surface area (Å²) in [6.45, 7) is 0. The average molecular weight is 392 g/mol. The third-order valence-corrected chi connectivity index (χ3v) is 5.34. The first-order valence-corrected chi connectivity index (χ1v) is 9.81. The molecule has 0 bridgehead atoms. The average Bonchev–Trinajstić information content (AvgIpc) is 3.11. The van der Waals surface area contributed by atoms with Crippen LogP contribution in [0, 0.1) is 0 Å². The first-order valence-electron chi connectivity index (χ1n) is 8.93. The van der Waals surface area contributed by atoms with Gasteiger partial charge < -0.3 is 9.73 Å². The molecule has 0 saturated heterocycles. The van der Waals surface area contributed by atoms with Gasteiger partial charge in [-0.2, -0.15) is 0 Å². The zero-order valence-corrected chi connectivity index (χ0v) is 15.6. The molecule has 28 heavy (non-hydrogen) atoms. The monoisotopic (exact) mass is 392 g/mol. The lowest BCUT2D eigenvalue weighted by Crippen LogP contribution is -2.14. The molecular weight excluding hydrogens is 376 g/mol. The van der Waals surface area contributed by atoms with Gasteiger partial charge in [-0.05, 0) is 59.7 Å². The molecule has 0 spiro atoms. The quantitative estimate of drug-likeness (QED) is 0.539. The maximum atomic E-state index is 12.3. The third kappa shape index (κ3) is 3.44. The fourth-order valence-electron chi connectivity index (χ4n) is 2.92. The number of carbonyl (C=O) groups is 1. The predicted molar refractivity (Wildman–Crippen MR) is 104 cm³/mol. The van der Waals surface area contributed by atoms with E-state index >= 15 is 0 Å². The molecule has 1 saturated carbocycles. The van der Waals surface area contributed by atoms with Crippen LogP contribution < -0.4 is 5.32 Å². The molecule has 0 atom stereocenters. The summed E-state index contributed by atoms with van der Waals surface area (Å²) in [6.07, 6.45) is 4.05. The van der Waals surface area contributed by atoms with Gasteiger partial charge in [-0.25, -0.2) is 9.67 Å². The second-order valence-corrected chi connectivity index (χ2v) is 7.46. The maximum Gasteiger partial charge on any atom is 0.230 e. The number of hydrogen-bond donors (Lipinski definition) is 1. The molecule has 1 fully saturated rings. The standard InChI is InChI=1S/C19H16N6O2S/c26-17(10-14-11-28-19(21-14)16-2-1-9-27-16)20-13-5-3-12(4-6-13)18-22-23-24-25(18)15-7-8-15/h1-6,9,11,15H,7-8,10H2,(H,20,26). The summed E-state index contributed by atoms with van der Waals surface area (Å²) in [7, 11) is 0. The molecule has 9 heteroatoms. The zero-order valence-electron chi connectivity index (χ0n) is 14.8. The van der Waals surface area contributed by atoms with E-state index in [0.29, 0.717) is 17.5 Å². The smallest absolute Gasteiger partial charge is 0.230 e. The fourth-order valence-corrected chi connectivity index (χ4v) is 3.71. The number of nitrogens with zero attached hydrogens (tertiary/aromatic N) is 5. The van der Waals surface area contributed by atoms with Crippen LogP contribution in [-0.4, -0.2) is 31.1 Å². The van der Waals surface area contributed by atoms with E-state index in [4.69, 9.17) is 4.42 Å². The Hall–Kier alpha value is -3.33. The van der Waals surface area contributed by atoms with Crippen molar-refractivity contribution in [2.24, 2.45) is 0 Å². The number of amides is 1. The highest BCUT2D eigenvalue weighted by Crippen LogP contribution is 2.36. The SMILES string of the molecule is O=C(Cc1csc(-c2ccco2)n1)Nc1ccc(-c2nnnn2C2CC2)cc1. The Morgan fingerprint density at radius 2 is 2.11 bits per heavy atom. The lowest BCUT2D eigenvalue weighted by atomic mass is 10.2.